The second-order valence-electron chi connectivity index (χ2n) is 3.44. The lowest BCUT2D eigenvalue weighted by molar-refractivity contribution is -0.137. The maximum absolute atomic E-state index is 9.98. The Morgan fingerprint density at radius 2 is 2.29 bits per heavy atom. The van der Waals surface area contributed by atoms with Crippen LogP contribution < -0.4 is 0 Å². The monoisotopic (exact) mass is 198 g/mol. The third kappa shape index (κ3) is 10.7. The summed E-state index contributed by atoms with van der Waals surface area (Å²) in [6.45, 7) is 4.20. The standard InChI is InChI=1S/C7H14O2.C3H4N2/c1-6(2)4-3-5-7(8)9;1-2-5-3-4-1/h6H,3-5H2,1-2H3,(H,8,9);1-3H,(H,4,5). The molecule has 0 spiro atoms. The summed E-state index contributed by atoms with van der Waals surface area (Å²) in [6.07, 6.45) is 7.23. The Morgan fingerprint density at radius 1 is 1.57 bits per heavy atom. The number of rotatable bonds is 4. The van der Waals surface area contributed by atoms with Gasteiger partial charge in [0.2, 0.25) is 0 Å². The molecule has 4 nitrogen and oxygen atoms in total. The van der Waals surface area contributed by atoms with E-state index in [2.05, 4.69) is 23.8 Å². The first kappa shape index (κ1) is 12.7. The Hall–Kier alpha value is -1.32. The van der Waals surface area contributed by atoms with Crippen LogP contribution >= 0.6 is 0 Å². The van der Waals surface area contributed by atoms with E-state index in [9.17, 15) is 4.79 Å². The molecule has 1 heterocycles. The summed E-state index contributed by atoms with van der Waals surface area (Å²) in [4.78, 5) is 16.4. The minimum atomic E-state index is -0.685. The molecule has 0 aliphatic heterocycles. The molecule has 80 valence electrons. The summed E-state index contributed by atoms with van der Waals surface area (Å²) < 4.78 is 0. The first-order chi connectivity index (χ1) is 6.63. The predicted octanol–water partition coefficient (Wildman–Crippen LogP) is 2.31. The summed E-state index contributed by atoms with van der Waals surface area (Å²) in [6, 6.07) is 0. The summed E-state index contributed by atoms with van der Waals surface area (Å²) in [5.41, 5.74) is 0. The third-order valence-electron chi connectivity index (χ3n) is 1.58. The molecule has 2 N–H and O–H groups in total. The fraction of sp³-hybridized carbons (Fsp3) is 0.600. The predicted molar refractivity (Wildman–Crippen MR) is 54.9 cm³/mol. The van der Waals surface area contributed by atoms with E-state index in [0.717, 1.165) is 12.8 Å². The lowest BCUT2D eigenvalue weighted by Crippen LogP contribution is -1.95. The fourth-order valence-electron chi connectivity index (χ4n) is 0.877. The number of hydrogen-bond acceptors (Lipinski definition) is 2. The van der Waals surface area contributed by atoms with Gasteiger partial charge in [-0.3, -0.25) is 4.79 Å². The minimum Gasteiger partial charge on any atom is -0.481 e. The van der Waals surface area contributed by atoms with Crippen LogP contribution in [-0.2, 0) is 4.79 Å². The molecule has 0 aromatic carbocycles. The zero-order valence-electron chi connectivity index (χ0n) is 8.73. The molecule has 1 aromatic rings. The van der Waals surface area contributed by atoms with Gasteiger partial charge < -0.3 is 10.1 Å². The van der Waals surface area contributed by atoms with E-state index in [4.69, 9.17) is 5.11 Å². The van der Waals surface area contributed by atoms with E-state index in [1.807, 2.05) is 0 Å². The largest absolute Gasteiger partial charge is 0.481 e. The zero-order valence-corrected chi connectivity index (χ0v) is 8.73. The molecule has 0 bridgehead atoms. The number of aliphatic carboxylic acids is 1. The van der Waals surface area contributed by atoms with E-state index in [1.54, 1.807) is 18.7 Å². The number of imidazole rings is 1. The van der Waals surface area contributed by atoms with Crippen LogP contribution in [0.2, 0.25) is 0 Å². The number of hydrogen-bond donors (Lipinski definition) is 2. The summed E-state index contributed by atoms with van der Waals surface area (Å²) >= 11 is 0. The number of nitrogens with zero attached hydrogens (tertiary/aromatic N) is 1. The number of carboxylic acids is 1. The molecule has 0 amide bonds. The Morgan fingerprint density at radius 3 is 2.57 bits per heavy atom. The van der Waals surface area contributed by atoms with Gasteiger partial charge in [0, 0.05) is 18.8 Å². The summed E-state index contributed by atoms with van der Waals surface area (Å²) in [5.74, 6) is -0.0556. The maximum atomic E-state index is 9.98. The molecule has 0 fully saturated rings. The van der Waals surface area contributed by atoms with Crippen molar-refractivity contribution in [3.8, 4) is 0 Å². The van der Waals surface area contributed by atoms with Gasteiger partial charge in [0.25, 0.3) is 0 Å². The van der Waals surface area contributed by atoms with Gasteiger partial charge in [-0.15, -0.1) is 0 Å². The third-order valence-corrected chi connectivity index (χ3v) is 1.58. The number of H-pyrrole nitrogens is 1. The molecule has 0 radical (unpaired) electrons. The lowest BCUT2D eigenvalue weighted by Gasteiger charge is -1.99. The average Bonchev–Trinajstić information content (AvgIpc) is 2.58. The van der Waals surface area contributed by atoms with Crippen molar-refractivity contribution >= 4 is 5.97 Å². The Bertz CT molecular complexity index is 203. The molecular weight excluding hydrogens is 180 g/mol. The van der Waals surface area contributed by atoms with Crippen molar-refractivity contribution < 1.29 is 9.90 Å². The number of carboxylic acid groups (broad SMARTS) is 1. The maximum Gasteiger partial charge on any atom is 0.303 e. The van der Waals surface area contributed by atoms with Gasteiger partial charge in [-0.1, -0.05) is 20.3 Å². The first-order valence-corrected chi connectivity index (χ1v) is 4.77. The van der Waals surface area contributed by atoms with Crippen LogP contribution in [0.15, 0.2) is 18.7 Å². The van der Waals surface area contributed by atoms with Crippen LogP contribution in [0.25, 0.3) is 0 Å². The van der Waals surface area contributed by atoms with Gasteiger partial charge in [-0.05, 0) is 12.3 Å². The minimum absolute atomic E-state index is 0.318. The highest BCUT2D eigenvalue weighted by molar-refractivity contribution is 5.66. The average molecular weight is 198 g/mol. The molecule has 0 unspecified atom stereocenters. The van der Waals surface area contributed by atoms with E-state index in [-0.39, 0.29) is 0 Å². The molecule has 0 aliphatic rings. The van der Waals surface area contributed by atoms with Crippen LogP contribution in [0.3, 0.4) is 0 Å². The van der Waals surface area contributed by atoms with E-state index in [1.165, 1.54) is 0 Å². The van der Waals surface area contributed by atoms with Crippen LogP contribution in [0.4, 0.5) is 0 Å². The number of nitrogens with one attached hydrogen (secondary N) is 1. The molecule has 14 heavy (non-hydrogen) atoms. The van der Waals surface area contributed by atoms with Gasteiger partial charge in [-0.2, -0.15) is 0 Å². The van der Waals surface area contributed by atoms with Crippen LogP contribution in [0, 0.1) is 5.92 Å². The van der Waals surface area contributed by atoms with Crippen molar-refractivity contribution in [2.75, 3.05) is 0 Å². The fourth-order valence-corrected chi connectivity index (χ4v) is 0.877. The molecule has 1 rings (SSSR count). The van der Waals surface area contributed by atoms with E-state index in [0.29, 0.717) is 12.3 Å². The molecule has 0 saturated heterocycles. The molecule has 4 heteroatoms. The highest BCUT2D eigenvalue weighted by atomic mass is 16.4. The molecule has 0 saturated carbocycles. The Balaban J connectivity index is 0.000000280. The van der Waals surface area contributed by atoms with Gasteiger partial charge in [0.05, 0.1) is 6.33 Å². The van der Waals surface area contributed by atoms with Crippen LogP contribution in [-0.4, -0.2) is 21.0 Å². The Labute approximate surface area is 84.4 Å². The quantitative estimate of drug-likeness (QED) is 0.780. The normalized spacial score (nSPS) is 9.36. The summed E-state index contributed by atoms with van der Waals surface area (Å²) in [7, 11) is 0. The smallest absolute Gasteiger partial charge is 0.303 e. The highest BCUT2D eigenvalue weighted by Crippen LogP contribution is 2.05. The number of aromatic amines is 1. The zero-order chi connectivity index (χ0) is 10.8. The van der Waals surface area contributed by atoms with E-state index < -0.39 is 5.97 Å². The van der Waals surface area contributed by atoms with Gasteiger partial charge in [0.15, 0.2) is 0 Å². The van der Waals surface area contributed by atoms with Crippen molar-refractivity contribution in [1.29, 1.82) is 0 Å². The van der Waals surface area contributed by atoms with Gasteiger partial charge in [0.1, 0.15) is 0 Å². The second kappa shape index (κ2) is 8.29. The summed E-state index contributed by atoms with van der Waals surface area (Å²) in [5, 5.41) is 8.23. The van der Waals surface area contributed by atoms with E-state index >= 15 is 0 Å². The molecule has 1 aromatic heterocycles. The second-order valence-corrected chi connectivity index (χ2v) is 3.44. The molecular formula is C10H18N2O2. The van der Waals surface area contributed by atoms with Crippen molar-refractivity contribution in [2.45, 2.75) is 33.1 Å². The van der Waals surface area contributed by atoms with Crippen LogP contribution in [0.5, 0.6) is 0 Å². The SMILES string of the molecule is CC(C)CCCC(=O)O.c1c[nH]cn1. The number of carbonyl (C=O) groups is 1. The topological polar surface area (TPSA) is 66.0 Å². The lowest BCUT2D eigenvalue weighted by atomic mass is 10.1. The van der Waals surface area contributed by atoms with Crippen molar-refractivity contribution in [3.63, 3.8) is 0 Å². The number of aromatic nitrogens is 2. The van der Waals surface area contributed by atoms with Crippen molar-refractivity contribution in [1.82, 2.24) is 9.97 Å². The van der Waals surface area contributed by atoms with Crippen molar-refractivity contribution in [2.24, 2.45) is 5.92 Å². The van der Waals surface area contributed by atoms with Gasteiger partial charge in [-0.25, -0.2) is 4.98 Å². The highest BCUT2D eigenvalue weighted by Gasteiger charge is 1.97. The first-order valence-electron chi connectivity index (χ1n) is 4.77. The van der Waals surface area contributed by atoms with Gasteiger partial charge >= 0.3 is 5.97 Å². The molecule has 0 atom stereocenters. The Kier molecular flexibility index (Phi) is 7.50. The van der Waals surface area contributed by atoms with Crippen molar-refractivity contribution in [3.05, 3.63) is 18.7 Å². The van der Waals surface area contributed by atoms with Crippen LogP contribution in [0.1, 0.15) is 33.1 Å². The molecule has 0 aliphatic carbocycles.